The first kappa shape index (κ1) is 12.2. The van der Waals surface area contributed by atoms with Gasteiger partial charge in [0.25, 0.3) is 0 Å². The Bertz CT molecular complexity index is 425. The summed E-state index contributed by atoms with van der Waals surface area (Å²) in [6.07, 6.45) is 0. The quantitative estimate of drug-likeness (QED) is 0.737. The Morgan fingerprint density at radius 2 is 0.833 bits per heavy atom. The summed E-state index contributed by atoms with van der Waals surface area (Å²) in [4.78, 5) is 3.13. The van der Waals surface area contributed by atoms with Crippen LogP contribution in [0.3, 0.4) is 0 Å². The van der Waals surface area contributed by atoms with Crippen LogP contribution in [0.4, 0.5) is 0 Å². The summed E-state index contributed by atoms with van der Waals surface area (Å²) in [5.74, 6) is 5.51. The van der Waals surface area contributed by atoms with Crippen molar-refractivity contribution >= 4 is 21.8 Å². The van der Waals surface area contributed by atoms with Gasteiger partial charge in [0.2, 0.25) is 0 Å². The van der Waals surface area contributed by atoms with Crippen molar-refractivity contribution in [3.05, 3.63) is 60.7 Å². The van der Waals surface area contributed by atoms with E-state index in [2.05, 4.69) is 60.7 Å². The van der Waals surface area contributed by atoms with E-state index in [1.807, 2.05) is 0 Å². The number of rotatable bonds is 2. The van der Waals surface area contributed by atoms with Crippen molar-refractivity contribution in [3.63, 3.8) is 0 Å². The topological polar surface area (TPSA) is 0 Å². The zero-order chi connectivity index (χ0) is 12.2. The molecule has 0 nitrogen and oxygen atoms in total. The second kappa shape index (κ2) is 5.85. The molecule has 0 amide bonds. The van der Waals surface area contributed by atoms with Crippen molar-refractivity contribution in [1.29, 1.82) is 0 Å². The highest BCUT2D eigenvalue weighted by Gasteiger charge is 2.36. The van der Waals surface area contributed by atoms with Crippen molar-refractivity contribution in [2.45, 2.75) is 9.79 Å². The Morgan fingerprint density at radius 1 is 0.500 bits per heavy atom. The van der Waals surface area contributed by atoms with E-state index in [1.165, 1.54) is 23.0 Å². The summed E-state index contributed by atoms with van der Waals surface area (Å²) < 4.78 is 0. The molecule has 92 valence electrons. The standard InChI is InChI=1S/C16H18S2/c1-3-7-15(8-4-1)17-11-13-18(14-12-17)16-9-5-2-6-10-16/h1-10H,11-14H2/q+2. The van der Waals surface area contributed by atoms with E-state index in [1.54, 1.807) is 9.79 Å². The fraction of sp³-hybridized carbons (Fsp3) is 0.250. The van der Waals surface area contributed by atoms with E-state index >= 15 is 0 Å². The van der Waals surface area contributed by atoms with Gasteiger partial charge < -0.3 is 0 Å². The molecule has 0 aromatic heterocycles. The maximum Gasteiger partial charge on any atom is 0.158 e. The van der Waals surface area contributed by atoms with E-state index in [0.29, 0.717) is 21.8 Å². The largest absolute Gasteiger partial charge is 0.158 e. The summed E-state index contributed by atoms with van der Waals surface area (Å²) in [5, 5.41) is 0. The smallest absolute Gasteiger partial charge is 0.0619 e. The van der Waals surface area contributed by atoms with Crippen molar-refractivity contribution in [2.24, 2.45) is 0 Å². The van der Waals surface area contributed by atoms with Gasteiger partial charge in [-0.15, -0.1) is 0 Å². The SMILES string of the molecule is c1ccc([S+]2CC[S+](c3ccccc3)CC2)cc1. The Hall–Kier alpha value is -0.860. The number of hydrogen-bond donors (Lipinski definition) is 0. The van der Waals surface area contributed by atoms with Crippen molar-refractivity contribution in [1.82, 2.24) is 0 Å². The van der Waals surface area contributed by atoms with Crippen LogP contribution >= 0.6 is 0 Å². The van der Waals surface area contributed by atoms with Gasteiger partial charge in [0.15, 0.2) is 32.8 Å². The van der Waals surface area contributed by atoms with Gasteiger partial charge in [-0.2, -0.15) is 0 Å². The highest BCUT2D eigenvalue weighted by Crippen LogP contribution is 2.24. The van der Waals surface area contributed by atoms with Gasteiger partial charge >= 0.3 is 0 Å². The lowest BCUT2D eigenvalue weighted by Gasteiger charge is -2.15. The van der Waals surface area contributed by atoms with Gasteiger partial charge in [-0.1, -0.05) is 36.4 Å². The fourth-order valence-corrected chi connectivity index (χ4v) is 7.96. The molecule has 0 aliphatic carbocycles. The lowest BCUT2D eigenvalue weighted by atomic mass is 10.4. The molecule has 2 aromatic rings. The minimum Gasteiger partial charge on any atom is -0.0619 e. The molecule has 1 fully saturated rings. The Morgan fingerprint density at radius 3 is 1.17 bits per heavy atom. The molecule has 0 unspecified atom stereocenters. The molecular weight excluding hydrogens is 256 g/mol. The summed E-state index contributed by atoms with van der Waals surface area (Å²) in [6.45, 7) is 0. The maximum absolute atomic E-state index is 2.30. The van der Waals surface area contributed by atoms with Gasteiger partial charge in [0.05, 0.1) is 0 Å². The third-order valence-electron chi connectivity index (χ3n) is 3.31. The van der Waals surface area contributed by atoms with Crippen LogP contribution in [0.1, 0.15) is 0 Å². The van der Waals surface area contributed by atoms with Crippen LogP contribution in [0.5, 0.6) is 0 Å². The first-order chi connectivity index (χ1) is 8.93. The van der Waals surface area contributed by atoms with Crippen LogP contribution in [0.25, 0.3) is 0 Å². The molecular formula is C16H18S2+2. The third kappa shape index (κ3) is 2.76. The Balaban J connectivity index is 1.65. The molecule has 0 radical (unpaired) electrons. The van der Waals surface area contributed by atoms with Crippen LogP contribution in [0.15, 0.2) is 70.5 Å². The Kier molecular flexibility index (Phi) is 3.96. The second-order valence-corrected chi connectivity index (χ2v) is 8.98. The zero-order valence-electron chi connectivity index (χ0n) is 10.4. The lowest BCUT2D eigenvalue weighted by molar-refractivity contribution is 1.29. The molecule has 18 heavy (non-hydrogen) atoms. The summed E-state index contributed by atoms with van der Waals surface area (Å²) in [5.41, 5.74) is 0. The molecule has 3 rings (SSSR count). The van der Waals surface area contributed by atoms with Crippen LogP contribution in [0, 0.1) is 0 Å². The molecule has 2 aromatic carbocycles. The van der Waals surface area contributed by atoms with E-state index in [-0.39, 0.29) is 0 Å². The number of benzene rings is 2. The normalized spacial score (nSPS) is 23.8. The molecule has 0 spiro atoms. The average Bonchev–Trinajstić information content (AvgIpc) is 2.49. The summed E-state index contributed by atoms with van der Waals surface area (Å²) >= 11 is 0. The van der Waals surface area contributed by atoms with Crippen LogP contribution in [-0.2, 0) is 21.8 Å². The van der Waals surface area contributed by atoms with Gasteiger partial charge in [0.1, 0.15) is 0 Å². The van der Waals surface area contributed by atoms with E-state index in [9.17, 15) is 0 Å². The van der Waals surface area contributed by atoms with Gasteiger partial charge in [-0.25, -0.2) is 0 Å². The predicted molar refractivity (Wildman–Crippen MR) is 83.6 cm³/mol. The lowest BCUT2D eigenvalue weighted by Crippen LogP contribution is -2.32. The average molecular weight is 274 g/mol. The van der Waals surface area contributed by atoms with Crippen LogP contribution < -0.4 is 0 Å². The predicted octanol–water partition coefficient (Wildman–Crippen LogP) is 3.35. The molecule has 1 saturated heterocycles. The fourth-order valence-electron chi connectivity index (χ4n) is 2.30. The molecule has 1 aliphatic heterocycles. The Labute approximate surface area is 115 Å². The van der Waals surface area contributed by atoms with Crippen molar-refractivity contribution < 1.29 is 0 Å². The first-order valence-corrected chi connectivity index (χ1v) is 9.51. The van der Waals surface area contributed by atoms with E-state index in [4.69, 9.17) is 0 Å². The minimum atomic E-state index is 0.504. The highest BCUT2D eigenvalue weighted by molar-refractivity contribution is 8.03. The number of hydrogen-bond acceptors (Lipinski definition) is 0. The first-order valence-electron chi connectivity index (χ1n) is 6.38. The van der Waals surface area contributed by atoms with Gasteiger partial charge in [-0.05, 0) is 24.3 Å². The zero-order valence-corrected chi connectivity index (χ0v) is 12.1. The van der Waals surface area contributed by atoms with Crippen molar-refractivity contribution in [2.75, 3.05) is 23.0 Å². The molecule has 1 aliphatic rings. The molecule has 0 bridgehead atoms. The van der Waals surface area contributed by atoms with Crippen LogP contribution in [0.2, 0.25) is 0 Å². The highest BCUT2D eigenvalue weighted by atomic mass is 32.2. The summed E-state index contributed by atoms with van der Waals surface area (Å²) in [6, 6.07) is 22.1. The van der Waals surface area contributed by atoms with E-state index < -0.39 is 0 Å². The molecule has 0 saturated carbocycles. The van der Waals surface area contributed by atoms with Gasteiger partial charge in [-0.3, -0.25) is 0 Å². The monoisotopic (exact) mass is 274 g/mol. The molecule has 1 heterocycles. The van der Waals surface area contributed by atoms with E-state index in [0.717, 1.165) is 0 Å². The second-order valence-electron chi connectivity index (χ2n) is 4.43. The summed E-state index contributed by atoms with van der Waals surface area (Å²) in [7, 11) is 1.01. The van der Waals surface area contributed by atoms with Gasteiger partial charge in [0, 0.05) is 21.8 Å². The minimum absolute atomic E-state index is 0.504. The maximum atomic E-state index is 2.30. The molecule has 2 heteroatoms. The molecule has 0 N–H and O–H groups in total. The van der Waals surface area contributed by atoms with Crippen LogP contribution in [-0.4, -0.2) is 23.0 Å². The van der Waals surface area contributed by atoms with Crippen molar-refractivity contribution in [3.8, 4) is 0 Å². The third-order valence-corrected chi connectivity index (χ3v) is 8.49. The molecule has 0 atom stereocenters.